The normalized spacial score (nSPS) is 16.2. The lowest BCUT2D eigenvalue weighted by molar-refractivity contribution is 0.0691. The molecule has 1 aromatic heterocycles. The Kier molecular flexibility index (Phi) is 3.97. The molecule has 26 heavy (non-hydrogen) atoms. The van der Waals surface area contributed by atoms with Crippen molar-refractivity contribution >= 4 is 16.9 Å². The fourth-order valence-corrected chi connectivity index (χ4v) is 3.46. The Morgan fingerprint density at radius 2 is 1.96 bits per heavy atom. The predicted molar refractivity (Wildman–Crippen MR) is 95.4 cm³/mol. The Morgan fingerprint density at radius 1 is 1.15 bits per heavy atom. The molecule has 0 spiro atoms. The number of β-amino-alcohol motifs (C(OH)–C–C–N with tert-alkyl or cyclic N) is 1. The topological polar surface area (TPSA) is 80.0 Å². The van der Waals surface area contributed by atoms with E-state index in [-0.39, 0.29) is 24.3 Å². The van der Waals surface area contributed by atoms with Crippen LogP contribution in [0.4, 0.5) is 0 Å². The number of aliphatic hydroxyl groups is 1. The molecule has 1 aliphatic rings. The van der Waals surface area contributed by atoms with Crippen LogP contribution in [0.25, 0.3) is 11.0 Å². The Balaban J connectivity index is 2.00. The molecular weight excluding hydrogens is 334 g/mol. The molecule has 6 heteroatoms. The van der Waals surface area contributed by atoms with E-state index in [1.165, 1.54) is 4.90 Å². The number of rotatable bonds is 4. The first-order valence-corrected chi connectivity index (χ1v) is 8.27. The van der Waals surface area contributed by atoms with Gasteiger partial charge in [0.2, 0.25) is 5.76 Å². The molecule has 0 saturated heterocycles. The molecule has 6 nitrogen and oxygen atoms in total. The fraction of sp³-hybridized carbons (Fsp3) is 0.200. The van der Waals surface area contributed by atoms with Crippen LogP contribution in [0.5, 0.6) is 5.75 Å². The van der Waals surface area contributed by atoms with Gasteiger partial charge in [0.1, 0.15) is 11.3 Å². The summed E-state index contributed by atoms with van der Waals surface area (Å²) in [6.07, 6.45) is 0. The van der Waals surface area contributed by atoms with E-state index < -0.39 is 11.9 Å². The summed E-state index contributed by atoms with van der Waals surface area (Å²) < 4.78 is 11.0. The van der Waals surface area contributed by atoms with E-state index in [4.69, 9.17) is 9.15 Å². The smallest absolute Gasteiger partial charge is 0.290 e. The Morgan fingerprint density at radius 3 is 2.73 bits per heavy atom. The first kappa shape index (κ1) is 16.4. The largest absolute Gasteiger partial charge is 0.497 e. The van der Waals surface area contributed by atoms with Crippen molar-refractivity contribution in [1.29, 1.82) is 0 Å². The molecule has 3 aromatic rings. The molecule has 4 rings (SSSR count). The molecular formula is C20H17NO5. The summed E-state index contributed by atoms with van der Waals surface area (Å²) in [7, 11) is 1.56. The van der Waals surface area contributed by atoms with Crippen LogP contribution in [-0.4, -0.2) is 36.2 Å². The maximum absolute atomic E-state index is 13.1. The van der Waals surface area contributed by atoms with Crippen molar-refractivity contribution in [2.24, 2.45) is 0 Å². The van der Waals surface area contributed by atoms with Crippen molar-refractivity contribution in [3.8, 4) is 5.75 Å². The fourth-order valence-electron chi connectivity index (χ4n) is 3.46. The second kappa shape index (κ2) is 6.31. The molecule has 0 fully saturated rings. The quantitative estimate of drug-likeness (QED) is 0.780. The molecule has 0 saturated carbocycles. The highest BCUT2D eigenvalue weighted by Crippen LogP contribution is 2.38. The number of fused-ring (bicyclic) bond motifs is 2. The maximum atomic E-state index is 13.1. The molecule has 0 radical (unpaired) electrons. The minimum absolute atomic E-state index is 0.0370. The molecule has 1 aliphatic heterocycles. The van der Waals surface area contributed by atoms with Crippen LogP contribution in [0.2, 0.25) is 0 Å². The molecule has 1 N–H and O–H groups in total. The molecule has 2 aromatic carbocycles. The maximum Gasteiger partial charge on any atom is 0.290 e. The van der Waals surface area contributed by atoms with Gasteiger partial charge in [0.05, 0.1) is 30.7 Å². The molecule has 0 aliphatic carbocycles. The van der Waals surface area contributed by atoms with Crippen molar-refractivity contribution in [2.45, 2.75) is 6.04 Å². The van der Waals surface area contributed by atoms with E-state index in [2.05, 4.69) is 0 Å². The van der Waals surface area contributed by atoms with Crippen LogP contribution in [0.15, 0.2) is 57.7 Å². The summed E-state index contributed by atoms with van der Waals surface area (Å²) in [6.45, 7) is -0.116. The van der Waals surface area contributed by atoms with Gasteiger partial charge in [-0.25, -0.2) is 0 Å². The third-order valence-corrected chi connectivity index (χ3v) is 4.62. The van der Waals surface area contributed by atoms with E-state index >= 15 is 0 Å². The second-order valence-electron chi connectivity index (χ2n) is 6.07. The summed E-state index contributed by atoms with van der Waals surface area (Å²) >= 11 is 0. The zero-order chi connectivity index (χ0) is 18.3. The van der Waals surface area contributed by atoms with Gasteiger partial charge in [-0.15, -0.1) is 0 Å². The SMILES string of the molecule is COc1cccc([C@@H]2c3c(oc4ccccc4c3=O)C(=O)N2CCO)c1. The first-order chi connectivity index (χ1) is 12.7. The van der Waals surface area contributed by atoms with Crippen LogP contribution in [-0.2, 0) is 0 Å². The van der Waals surface area contributed by atoms with Crippen molar-refractivity contribution < 1.29 is 19.1 Å². The number of aliphatic hydroxyl groups excluding tert-OH is 1. The first-order valence-electron chi connectivity index (χ1n) is 8.27. The van der Waals surface area contributed by atoms with Gasteiger partial charge >= 0.3 is 0 Å². The Hall–Kier alpha value is -3.12. The number of nitrogens with zero attached hydrogens (tertiary/aromatic N) is 1. The van der Waals surface area contributed by atoms with Gasteiger partial charge in [-0.05, 0) is 29.8 Å². The molecule has 132 valence electrons. The number of hydrogen-bond acceptors (Lipinski definition) is 5. The van der Waals surface area contributed by atoms with E-state index in [1.807, 2.05) is 6.07 Å². The van der Waals surface area contributed by atoms with Gasteiger partial charge < -0.3 is 19.2 Å². The van der Waals surface area contributed by atoms with Gasteiger partial charge in [-0.2, -0.15) is 0 Å². The number of benzene rings is 2. The molecule has 1 amide bonds. The van der Waals surface area contributed by atoms with Crippen molar-refractivity contribution in [1.82, 2.24) is 4.90 Å². The predicted octanol–water partition coefficient (Wildman–Crippen LogP) is 2.34. The van der Waals surface area contributed by atoms with Crippen LogP contribution < -0.4 is 10.2 Å². The van der Waals surface area contributed by atoms with Crippen LogP contribution in [0.3, 0.4) is 0 Å². The highest BCUT2D eigenvalue weighted by molar-refractivity contribution is 5.99. The Bertz CT molecular complexity index is 1060. The van der Waals surface area contributed by atoms with Gasteiger partial charge in [-0.3, -0.25) is 9.59 Å². The minimum atomic E-state index is -0.624. The zero-order valence-corrected chi connectivity index (χ0v) is 14.1. The summed E-state index contributed by atoms with van der Waals surface area (Å²) in [6, 6.07) is 13.4. The van der Waals surface area contributed by atoms with E-state index in [0.717, 1.165) is 5.56 Å². The highest BCUT2D eigenvalue weighted by atomic mass is 16.5. The number of methoxy groups -OCH3 is 1. The minimum Gasteiger partial charge on any atom is -0.497 e. The Labute approximate surface area is 149 Å². The van der Waals surface area contributed by atoms with Crippen molar-refractivity contribution in [3.63, 3.8) is 0 Å². The number of amides is 1. The highest BCUT2D eigenvalue weighted by Gasteiger charge is 2.42. The lowest BCUT2D eigenvalue weighted by Crippen LogP contribution is -2.32. The third kappa shape index (κ3) is 2.38. The van der Waals surface area contributed by atoms with E-state index in [9.17, 15) is 14.7 Å². The number of hydrogen-bond donors (Lipinski definition) is 1. The third-order valence-electron chi connectivity index (χ3n) is 4.62. The summed E-state index contributed by atoms with van der Waals surface area (Å²) in [5.74, 6) is 0.261. The summed E-state index contributed by atoms with van der Waals surface area (Å²) in [5, 5.41) is 9.85. The molecule has 1 atom stereocenters. The summed E-state index contributed by atoms with van der Waals surface area (Å²) in [5.41, 5.74) is 1.17. The van der Waals surface area contributed by atoms with E-state index in [0.29, 0.717) is 22.3 Å². The van der Waals surface area contributed by atoms with Gasteiger partial charge in [-0.1, -0.05) is 24.3 Å². The summed E-state index contributed by atoms with van der Waals surface area (Å²) in [4.78, 5) is 27.5. The number of carbonyl (C=O) groups is 1. The lowest BCUT2D eigenvalue weighted by atomic mass is 9.98. The average Bonchev–Trinajstić information content (AvgIpc) is 2.95. The van der Waals surface area contributed by atoms with E-state index in [1.54, 1.807) is 49.6 Å². The standard InChI is InChI=1S/C20H17NO5/c1-25-13-6-4-5-12(11-13)17-16-18(23)14-7-2-3-8-15(14)26-19(16)20(24)21(17)9-10-22/h2-8,11,17,22H,9-10H2,1H3/t17-/m1/s1. The van der Waals surface area contributed by atoms with Gasteiger partial charge in [0, 0.05) is 6.54 Å². The zero-order valence-electron chi connectivity index (χ0n) is 14.1. The van der Waals surface area contributed by atoms with Gasteiger partial charge in [0.15, 0.2) is 5.43 Å². The molecule has 0 unspecified atom stereocenters. The van der Waals surface area contributed by atoms with Crippen LogP contribution in [0, 0.1) is 0 Å². The number of ether oxygens (including phenoxy) is 1. The van der Waals surface area contributed by atoms with Crippen LogP contribution in [0.1, 0.15) is 27.7 Å². The molecule has 0 bridgehead atoms. The monoisotopic (exact) mass is 351 g/mol. The van der Waals surface area contributed by atoms with Gasteiger partial charge in [0.25, 0.3) is 5.91 Å². The number of carbonyl (C=O) groups excluding carboxylic acids is 1. The number of para-hydroxylation sites is 1. The average molecular weight is 351 g/mol. The lowest BCUT2D eigenvalue weighted by Gasteiger charge is -2.24. The molecule has 2 heterocycles. The van der Waals surface area contributed by atoms with Crippen LogP contribution >= 0.6 is 0 Å². The van der Waals surface area contributed by atoms with Crippen molar-refractivity contribution in [3.05, 3.63) is 75.6 Å². The second-order valence-corrected chi connectivity index (χ2v) is 6.07. The van der Waals surface area contributed by atoms with Crippen molar-refractivity contribution in [2.75, 3.05) is 20.3 Å².